The van der Waals surface area contributed by atoms with E-state index in [0.29, 0.717) is 31.1 Å². The molecule has 1 saturated heterocycles. The fourth-order valence-corrected chi connectivity index (χ4v) is 4.95. The minimum atomic E-state index is -0.419. The van der Waals surface area contributed by atoms with Crippen molar-refractivity contribution in [2.24, 2.45) is 17.8 Å². The van der Waals surface area contributed by atoms with Gasteiger partial charge in [0.05, 0.1) is 31.6 Å². The molecule has 164 valence electrons. The minimum Gasteiger partial charge on any atom is -0.495 e. The van der Waals surface area contributed by atoms with Crippen molar-refractivity contribution in [1.29, 1.82) is 0 Å². The van der Waals surface area contributed by atoms with Crippen LogP contribution in [-0.2, 0) is 4.74 Å². The Balaban J connectivity index is 1.43. The molecular formula is C24H40N2O3. The highest BCUT2D eigenvalue weighted by Gasteiger charge is 2.32. The zero-order valence-corrected chi connectivity index (χ0v) is 18.7. The van der Waals surface area contributed by atoms with Crippen LogP contribution in [0.4, 0.5) is 5.69 Å². The van der Waals surface area contributed by atoms with E-state index in [1.807, 2.05) is 12.1 Å². The molecule has 29 heavy (non-hydrogen) atoms. The Kier molecular flexibility index (Phi) is 8.22. The summed E-state index contributed by atoms with van der Waals surface area (Å²) in [6.45, 7) is 11.9. The maximum Gasteiger partial charge on any atom is 0.142 e. The Morgan fingerprint density at radius 1 is 1.10 bits per heavy atom. The average molecular weight is 405 g/mol. The van der Waals surface area contributed by atoms with Gasteiger partial charge in [0, 0.05) is 32.7 Å². The lowest BCUT2D eigenvalue weighted by atomic mass is 9.75. The topological polar surface area (TPSA) is 45.2 Å². The van der Waals surface area contributed by atoms with Gasteiger partial charge < -0.3 is 19.5 Å². The molecule has 2 aliphatic rings. The van der Waals surface area contributed by atoms with E-state index in [1.165, 1.54) is 12.8 Å². The second-order valence-corrected chi connectivity index (χ2v) is 9.31. The molecular weight excluding hydrogens is 364 g/mol. The minimum absolute atomic E-state index is 0.302. The van der Waals surface area contributed by atoms with Crippen LogP contribution < -0.4 is 9.64 Å². The molecule has 1 heterocycles. The fourth-order valence-electron chi connectivity index (χ4n) is 4.95. The number of hydrogen-bond donors (Lipinski definition) is 1. The molecule has 0 unspecified atom stereocenters. The summed E-state index contributed by atoms with van der Waals surface area (Å²) >= 11 is 0. The van der Waals surface area contributed by atoms with Crippen LogP contribution in [-0.4, -0.2) is 68.7 Å². The maximum absolute atomic E-state index is 10.6. The van der Waals surface area contributed by atoms with Gasteiger partial charge in [0.2, 0.25) is 0 Å². The van der Waals surface area contributed by atoms with E-state index in [2.05, 4.69) is 42.7 Å². The van der Waals surface area contributed by atoms with Crippen LogP contribution in [0.3, 0.4) is 0 Å². The highest BCUT2D eigenvalue weighted by atomic mass is 16.5. The highest BCUT2D eigenvalue weighted by Crippen LogP contribution is 2.35. The molecule has 5 nitrogen and oxygen atoms in total. The predicted molar refractivity (Wildman–Crippen MR) is 119 cm³/mol. The molecule has 2 fully saturated rings. The third-order valence-electron chi connectivity index (χ3n) is 6.73. The summed E-state index contributed by atoms with van der Waals surface area (Å²) in [5.74, 6) is 2.93. The number of aliphatic hydroxyl groups is 1. The lowest BCUT2D eigenvalue weighted by Gasteiger charge is -2.39. The number of nitrogens with zero attached hydrogens (tertiary/aromatic N) is 2. The Labute approximate surface area is 177 Å². The van der Waals surface area contributed by atoms with Gasteiger partial charge in [-0.05, 0) is 42.7 Å². The van der Waals surface area contributed by atoms with E-state index < -0.39 is 6.10 Å². The monoisotopic (exact) mass is 404 g/mol. The Bertz CT molecular complexity index is 616. The molecule has 0 bridgehead atoms. The molecule has 1 aromatic carbocycles. The van der Waals surface area contributed by atoms with E-state index in [0.717, 1.165) is 50.0 Å². The van der Waals surface area contributed by atoms with Gasteiger partial charge in [-0.15, -0.1) is 0 Å². The van der Waals surface area contributed by atoms with Gasteiger partial charge in [-0.1, -0.05) is 39.3 Å². The molecule has 1 N–H and O–H groups in total. The molecule has 0 amide bonds. The second-order valence-electron chi connectivity index (χ2n) is 9.31. The average Bonchev–Trinajstić information content (AvgIpc) is 2.72. The summed E-state index contributed by atoms with van der Waals surface area (Å²) in [6.07, 6.45) is 3.58. The van der Waals surface area contributed by atoms with E-state index in [4.69, 9.17) is 9.47 Å². The number of piperazine rings is 1. The van der Waals surface area contributed by atoms with Crippen LogP contribution >= 0.6 is 0 Å². The van der Waals surface area contributed by atoms with E-state index in [-0.39, 0.29) is 0 Å². The number of anilines is 1. The third-order valence-corrected chi connectivity index (χ3v) is 6.73. The first-order chi connectivity index (χ1) is 14.0. The van der Waals surface area contributed by atoms with E-state index in [9.17, 15) is 5.11 Å². The number of para-hydroxylation sites is 2. The van der Waals surface area contributed by atoms with Crippen molar-refractivity contribution in [3.05, 3.63) is 24.3 Å². The number of β-amino-alcohol motifs (C(OH)–C–C–N with tert-alkyl or cyclic N) is 1. The van der Waals surface area contributed by atoms with Gasteiger partial charge >= 0.3 is 0 Å². The molecule has 0 radical (unpaired) electrons. The zero-order valence-electron chi connectivity index (χ0n) is 18.7. The number of methoxy groups -OCH3 is 1. The summed E-state index contributed by atoms with van der Waals surface area (Å²) < 4.78 is 11.7. The Hall–Kier alpha value is -1.30. The largest absolute Gasteiger partial charge is 0.495 e. The molecule has 1 saturated carbocycles. The molecule has 1 aromatic rings. The second kappa shape index (κ2) is 10.6. The summed E-state index contributed by atoms with van der Waals surface area (Å²) in [6, 6.07) is 8.19. The number of ether oxygens (including phenoxy) is 2. The van der Waals surface area contributed by atoms with Crippen molar-refractivity contribution < 1.29 is 14.6 Å². The first kappa shape index (κ1) is 22.4. The van der Waals surface area contributed by atoms with Crippen molar-refractivity contribution in [3.8, 4) is 5.75 Å². The predicted octanol–water partition coefficient (Wildman–Crippen LogP) is 3.66. The molecule has 3 rings (SSSR count). The standard InChI is InChI=1S/C24H40N2O3/c1-18(2)21-10-9-19(3)15-24(21)29-17-20(27)16-25-11-13-26(14-12-25)22-7-5-6-8-23(22)28-4/h5-8,18-21,24,27H,9-17H2,1-4H3/t19-,20-,21-,24+/m0/s1. The van der Waals surface area contributed by atoms with Gasteiger partial charge in [-0.2, -0.15) is 0 Å². The smallest absolute Gasteiger partial charge is 0.142 e. The number of aliphatic hydroxyl groups excluding tert-OH is 1. The lowest BCUT2D eigenvalue weighted by molar-refractivity contribution is -0.0740. The molecule has 5 heteroatoms. The Morgan fingerprint density at radius 3 is 2.52 bits per heavy atom. The van der Waals surface area contributed by atoms with Crippen LogP contribution in [0.25, 0.3) is 0 Å². The van der Waals surface area contributed by atoms with E-state index in [1.54, 1.807) is 7.11 Å². The van der Waals surface area contributed by atoms with Crippen molar-refractivity contribution >= 4 is 5.69 Å². The molecule has 1 aliphatic heterocycles. The van der Waals surface area contributed by atoms with Gasteiger partial charge in [-0.3, -0.25) is 4.90 Å². The van der Waals surface area contributed by atoms with Crippen LogP contribution in [0.5, 0.6) is 5.75 Å². The van der Waals surface area contributed by atoms with Crippen LogP contribution in [0.15, 0.2) is 24.3 Å². The van der Waals surface area contributed by atoms with Crippen LogP contribution in [0, 0.1) is 17.8 Å². The van der Waals surface area contributed by atoms with Crippen LogP contribution in [0.2, 0.25) is 0 Å². The normalized spacial score (nSPS) is 27.2. The van der Waals surface area contributed by atoms with Crippen LogP contribution in [0.1, 0.15) is 40.0 Å². The number of rotatable bonds is 8. The summed E-state index contributed by atoms with van der Waals surface area (Å²) in [5.41, 5.74) is 1.16. The van der Waals surface area contributed by atoms with Crippen molar-refractivity contribution in [1.82, 2.24) is 4.90 Å². The van der Waals surface area contributed by atoms with E-state index >= 15 is 0 Å². The Morgan fingerprint density at radius 2 is 1.83 bits per heavy atom. The summed E-state index contributed by atoms with van der Waals surface area (Å²) in [7, 11) is 1.72. The molecule has 1 aliphatic carbocycles. The first-order valence-electron chi connectivity index (χ1n) is 11.4. The van der Waals surface area contributed by atoms with Gasteiger partial charge in [0.15, 0.2) is 0 Å². The SMILES string of the molecule is COc1ccccc1N1CCN(C[C@H](O)CO[C@@H]2C[C@@H](C)CC[C@H]2C(C)C)CC1. The third kappa shape index (κ3) is 6.09. The van der Waals surface area contributed by atoms with Gasteiger partial charge in [-0.25, -0.2) is 0 Å². The highest BCUT2D eigenvalue weighted by molar-refractivity contribution is 5.58. The molecule has 0 spiro atoms. The van der Waals surface area contributed by atoms with Crippen molar-refractivity contribution in [2.75, 3.05) is 51.3 Å². The first-order valence-corrected chi connectivity index (χ1v) is 11.4. The van der Waals surface area contributed by atoms with Crippen molar-refractivity contribution in [3.63, 3.8) is 0 Å². The van der Waals surface area contributed by atoms with Gasteiger partial charge in [0.25, 0.3) is 0 Å². The number of hydrogen-bond acceptors (Lipinski definition) is 5. The van der Waals surface area contributed by atoms with Crippen molar-refractivity contribution in [2.45, 2.75) is 52.2 Å². The lowest BCUT2D eigenvalue weighted by Crippen LogP contribution is -2.49. The summed E-state index contributed by atoms with van der Waals surface area (Å²) in [4.78, 5) is 4.72. The quantitative estimate of drug-likeness (QED) is 0.716. The fraction of sp³-hybridized carbons (Fsp3) is 0.750. The maximum atomic E-state index is 10.6. The number of benzene rings is 1. The molecule has 4 atom stereocenters. The zero-order chi connectivity index (χ0) is 20.8. The van der Waals surface area contributed by atoms with Gasteiger partial charge in [0.1, 0.15) is 5.75 Å². The molecule has 0 aromatic heterocycles. The summed E-state index contributed by atoms with van der Waals surface area (Å²) in [5, 5.41) is 10.6.